The Morgan fingerprint density at radius 1 is 1.31 bits per heavy atom. The Balaban J connectivity index is 2.20. The van der Waals surface area contributed by atoms with Crippen LogP contribution in [0.4, 0.5) is 5.69 Å². The van der Waals surface area contributed by atoms with Crippen molar-refractivity contribution in [2.45, 2.75) is 40.0 Å². The van der Waals surface area contributed by atoms with Crippen LogP contribution in [0.2, 0.25) is 0 Å². The zero-order valence-electron chi connectivity index (χ0n) is 11.0. The van der Waals surface area contributed by atoms with Crippen LogP contribution < -0.4 is 4.90 Å². The Labute approximate surface area is 99.5 Å². The molecule has 1 aromatic carbocycles. The van der Waals surface area contributed by atoms with Gasteiger partial charge in [0, 0.05) is 19.3 Å². The van der Waals surface area contributed by atoms with Crippen molar-refractivity contribution in [3.63, 3.8) is 0 Å². The van der Waals surface area contributed by atoms with Crippen molar-refractivity contribution in [2.75, 3.05) is 18.5 Å². The van der Waals surface area contributed by atoms with Crippen molar-refractivity contribution in [1.29, 1.82) is 0 Å². The van der Waals surface area contributed by atoms with E-state index in [9.17, 15) is 0 Å². The van der Waals surface area contributed by atoms with Crippen LogP contribution in [0.15, 0.2) is 18.2 Å². The molecule has 0 aromatic heterocycles. The molecule has 0 N–H and O–H groups in total. The van der Waals surface area contributed by atoms with Gasteiger partial charge in [-0.25, -0.2) is 0 Å². The first-order valence-corrected chi connectivity index (χ1v) is 6.35. The monoisotopic (exact) mass is 217 g/mol. The van der Waals surface area contributed by atoms with Crippen molar-refractivity contribution in [1.82, 2.24) is 0 Å². The first-order chi connectivity index (χ1) is 7.52. The van der Waals surface area contributed by atoms with Crippen molar-refractivity contribution in [3.05, 3.63) is 29.3 Å². The van der Waals surface area contributed by atoms with Gasteiger partial charge in [-0.05, 0) is 35.4 Å². The molecule has 1 aliphatic heterocycles. The number of fused-ring (bicyclic) bond motifs is 1. The SMILES string of the molecule is CCC(C)(C)Cc1ccc2c(c1)CCN2C. The van der Waals surface area contributed by atoms with Gasteiger partial charge >= 0.3 is 0 Å². The van der Waals surface area contributed by atoms with Gasteiger partial charge in [0.1, 0.15) is 0 Å². The standard InChI is InChI=1S/C15H23N/c1-5-15(2,3)11-12-6-7-14-13(10-12)8-9-16(14)4/h6-7,10H,5,8-9,11H2,1-4H3. The van der Waals surface area contributed by atoms with Crippen LogP contribution in [0.5, 0.6) is 0 Å². The smallest absolute Gasteiger partial charge is 0.0397 e. The summed E-state index contributed by atoms with van der Waals surface area (Å²) in [4.78, 5) is 2.35. The minimum atomic E-state index is 0.429. The summed E-state index contributed by atoms with van der Waals surface area (Å²) < 4.78 is 0. The van der Waals surface area contributed by atoms with Crippen LogP contribution in [0.25, 0.3) is 0 Å². The molecule has 0 spiro atoms. The predicted molar refractivity (Wildman–Crippen MR) is 71.2 cm³/mol. The van der Waals surface area contributed by atoms with Crippen LogP contribution in [0.3, 0.4) is 0 Å². The van der Waals surface area contributed by atoms with Crippen LogP contribution >= 0.6 is 0 Å². The average Bonchev–Trinajstić information content (AvgIpc) is 2.60. The molecule has 16 heavy (non-hydrogen) atoms. The lowest BCUT2D eigenvalue weighted by Crippen LogP contribution is -2.14. The Bertz CT molecular complexity index is 379. The highest BCUT2D eigenvalue weighted by Crippen LogP contribution is 2.31. The van der Waals surface area contributed by atoms with Gasteiger partial charge in [0.05, 0.1) is 0 Å². The number of nitrogens with zero attached hydrogens (tertiary/aromatic N) is 1. The van der Waals surface area contributed by atoms with Crippen LogP contribution in [-0.2, 0) is 12.8 Å². The van der Waals surface area contributed by atoms with Crippen molar-refractivity contribution in [3.8, 4) is 0 Å². The molecule has 1 heteroatoms. The fraction of sp³-hybridized carbons (Fsp3) is 0.600. The number of rotatable bonds is 3. The Morgan fingerprint density at radius 3 is 2.75 bits per heavy atom. The summed E-state index contributed by atoms with van der Waals surface area (Å²) in [5, 5.41) is 0. The highest BCUT2D eigenvalue weighted by molar-refractivity contribution is 5.58. The number of likely N-dealkylation sites (N-methyl/N-ethyl adjacent to an activating group) is 1. The summed E-state index contributed by atoms with van der Waals surface area (Å²) in [6.07, 6.45) is 3.65. The fourth-order valence-corrected chi connectivity index (χ4v) is 2.41. The highest BCUT2D eigenvalue weighted by Gasteiger charge is 2.19. The van der Waals surface area contributed by atoms with Crippen molar-refractivity contribution >= 4 is 5.69 Å². The normalized spacial score (nSPS) is 15.4. The maximum Gasteiger partial charge on any atom is 0.0397 e. The first kappa shape index (κ1) is 11.5. The summed E-state index contributed by atoms with van der Waals surface area (Å²) in [7, 11) is 2.18. The summed E-state index contributed by atoms with van der Waals surface area (Å²) >= 11 is 0. The third-order valence-corrected chi connectivity index (χ3v) is 3.91. The summed E-state index contributed by atoms with van der Waals surface area (Å²) in [5.74, 6) is 0. The van der Waals surface area contributed by atoms with Crippen molar-refractivity contribution in [2.24, 2.45) is 5.41 Å². The molecule has 1 heterocycles. The van der Waals surface area contributed by atoms with E-state index in [4.69, 9.17) is 0 Å². The summed E-state index contributed by atoms with van der Waals surface area (Å²) in [5.41, 5.74) is 4.89. The van der Waals surface area contributed by atoms with Crippen LogP contribution in [0.1, 0.15) is 38.3 Å². The minimum Gasteiger partial charge on any atom is -0.374 e. The van der Waals surface area contributed by atoms with E-state index in [0.29, 0.717) is 5.41 Å². The lowest BCUT2D eigenvalue weighted by atomic mass is 9.83. The third-order valence-electron chi connectivity index (χ3n) is 3.91. The Morgan fingerprint density at radius 2 is 2.06 bits per heavy atom. The first-order valence-electron chi connectivity index (χ1n) is 6.35. The molecule has 2 rings (SSSR count). The third kappa shape index (κ3) is 2.23. The molecule has 88 valence electrons. The summed E-state index contributed by atoms with van der Waals surface area (Å²) in [6, 6.07) is 7.01. The second-order valence-corrected chi connectivity index (χ2v) is 5.83. The zero-order chi connectivity index (χ0) is 11.8. The maximum absolute atomic E-state index is 2.41. The van der Waals surface area contributed by atoms with Gasteiger partial charge in [-0.15, -0.1) is 0 Å². The lowest BCUT2D eigenvalue weighted by Gasteiger charge is -2.23. The van der Waals surface area contributed by atoms with Gasteiger partial charge in [-0.3, -0.25) is 0 Å². The highest BCUT2D eigenvalue weighted by atomic mass is 15.1. The van der Waals surface area contributed by atoms with Gasteiger partial charge in [0.2, 0.25) is 0 Å². The van der Waals surface area contributed by atoms with E-state index in [-0.39, 0.29) is 0 Å². The van der Waals surface area contributed by atoms with E-state index >= 15 is 0 Å². The average molecular weight is 217 g/mol. The van der Waals surface area contributed by atoms with Crippen LogP contribution in [-0.4, -0.2) is 13.6 Å². The van der Waals surface area contributed by atoms with E-state index in [1.54, 1.807) is 0 Å². The van der Waals surface area contributed by atoms with E-state index < -0.39 is 0 Å². The molecule has 0 bridgehead atoms. The minimum absolute atomic E-state index is 0.429. The van der Waals surface area contributed by atoms with Gasteiger partial charge in [-0.1, -0.05) is 39.3 Å². The largest absolute Gasteiger partial charge is 0.374 e. The second-order valence-electron chi connectivity index (χ2n) is 5.83. The van der Waals surface area contributed by atoms with Gasteiger partial charge in [-0.2, -0.15) is 0 Å². The lowest BCUT2D eigenvalue weighted by molar-refractivity contribution is 0.349. The molecule has 0 saturated carbocycles. The molecule has 0 saturated heterocycles. The molecule has 1 nitrogen and oxygen atoms in total. The number of hydrogen-bond acceptors (Lipinski definition) is 1. The second kappa shape index (κ2) is 4.12. The topological polar surface area (TPSA) is 3.24 Å². The van der Waals surface area contributed by atoms with Crippen LogP contribution in [0, 0.1) is 5.41 Å². The van der Waals surface area contributed by atoms with E-state index in [1.165, 1.54) is 42.6 Å². The van der Waals surface area contributed by atoms with Gasteiger partial charge in [0.25, 0.3) is 0 Å². The quantitative estimate of drug-likeness (QED) is 0.747. The zero-order valence-corrected chi connectivity index (χ0v) is 11.0. The molecule has 1 aliphatic rings. The molecule has 0 radical (unpaired) electrons. The number of benzene rings is 1. The summed E-state index contributed by atoms with van der Waals surface area (Å²) in [6.45, 7) is 8.16. The number of hydrogen-bond donors (Lipinski definition) is 0. The molecule has 1 aromatic rings. The molecular weight excluding hydrogens is 194 g/mol. The maximum atomic E-state index is 2.41. The van der Waals surface area contributed by atoms with Gasteiger partial charge < -0.3 is 4.90 Å². The van der Waals surface area contributed by atoms with E-state index in [1.807, 2.05) is 0 Å². The molecule has 0 fully saturated rings. The predicted octanol–water partition coefficient (Wildman–Crippen LogP) is 3.66. The number of anilines is 1. The molecular formula is C15H23N. The van der Waals surface area contributed by atoms with Gasteiger partial charge in [0.15, 0.2) is 0 Å². The Kier molecular flexibility index (Phi) is 2.96. The Hall–Kier alpha value is -0.980. The molecule has 0 unspecified atom stereocenters. The van der Waals surface area contributed by atoms with E-state index in [2.05, 4.69) is 50.9 Å². The molecule has 0 aliphatic carbocycles. The fourth-order valence-electron chi connectivity index (χ4n) is 2.41. The van der Waals surface area contributed by atoms with E-state index in [0.717, 1.165) is 0 Å². The molecule has 0 amide bonds. The molecule has 0 atom stereocenters. The van der Waals surface area contributed by atoms with Crippen molar-refractivity contribution < 1.29 is 0 Å².